The lowest BCUT2D eigenvalue weighted by molar-refractivity contribution is -0.142. The molecule has 6 heteroatoms. The van der Waals surface area contributed by atoms with E-state index in [0.717, 1.165) is 5.56 Å². The van der Waals surface area contributed by atoms with Crippen molar-refractivity contribution in [2.75, 3.05) is 13.1 Å². The van der Waals surface area contributed by atoms with Gasteiger partial charge in [0.15, 0.2) is 0 Å². The number of nitrogens with zero attached hydrogens (tertiary/aromatic N) is 1. The van der Waals surface area contributed by atoms with Crippen LogP contribution >= 0.6 is 23.2 Å². The molecule has 1 fully saturated rings. The predicted molar refractivity (Wildman–Crippen MR) is 79.0 cm³/mol. The number of hydrogen-bond donors (Lipinski definition) is 1. The Morgan fingerprint density at radius 1 is 1.45 bits per heavy atom. The molecule has 2 rings (SSSR count). The van der Waals surface area contributed by atoms with Crippen LogP contribution in [0.5, 0.6) is 0 Å². The first-order chi connectivity index (χ1) is 9.52. The van der Waals surface area contributed by atoms with Crippen LogP contribution in [0.25, 0.3) is 0 Å². The zero-order chi connectivity index (χ0) is 14.7. The second kappa shape index (κ2) is 6.46. The maximum atomic E-state index is 12.4. The quantitative estimate of drug-likeness (QED) is 0.930. The van der Waals surface area contributed by atoms with E-state index in [-0.39, 0.29) is 24.3 Å². The SMILES string of the molecule is CCC1C(=O)NCCN1C(=O)Cc1ccc(Cl)cc1Cl. The number of benzene rings is 1. The zero-order valence-corrected chi connectivity index (χ0v) is 12.7. The van der Waals surface area contributed by atoms with Gasteiger partial charge in [-0.25, -0.2) is 0 Å². The predicted octanol–water partition coefficient (Wildman–Crippen LogP) is 2.27. The minimum Gasteiger partial charge on any atom is -0.353 e. The Morgan fingerprint density at radius 3 is 2.85 bits per heavy atom. The average molecular weight is 315 g/mol. The zero-order valence-electron chi connectivity index (χ0n) is 11.2. The maximum absolute atomic E-state index is 12.4. The highest BCUT2D eigenvalue weighted by molar-refractivity contribution is 6.35. The van der Waals surface area contributed by atoms with Gasteiger partial charge in [-0.15, -0.1) is 0 Å². The molecule has 20 heavy (non-hydrogen) atoms. The van der Waals surface area contributed by atoms with Crippen LogP contribution < -0.4 is 5.32 Å². The third-order valence-electron chi connectivity index (χ3n) is 3.39. The number of amides is 2. The first-order valence-electron chi connectivity index (χ1n) is 6.54. The van der Waals surface area contributed by atoms with E-state index >= 15 is 0 Å². The monoisotopic (exact) mass is 314 g/mol. The number of carbonyl (C=O) groups excluding carboxylic acids is 2. The fourth-order valence-electron chi connectivity index (χ4n) is 2.35. The van der Waals surface area contributed by atoms with Crippen molar-refractivity contribution in [3.05, 3.63) is 33.8 Å². The molecule has 1 aromatic carbocycles. The van der Waals surface area contributed by atoms with Crippen molar-refractivity contribution >= 4 is 35.0 Å². The summed E-state index contributed by atoms with van der Waals surface area (Å²) in [7, 11) is 0. The summed E-state index contributed by atoms with van der Waals surface area (Å²) in [4.78, 5) is 25.8. The van der Waals surface area contributed by atoms with Crippen LogP contribution in [0.4, 0.5) is 0 Å². The van der Waals surface area contributed by atoms with Gasteiger partial charge in [-0.2, -0.15) is 0 Å². The smallest absolute Gasteiger partial charge is 0.242 e. The van der Waals surface area contributed by atoms with Gasteiger partial charge >= 0.3 is 0 Å². The number of nitrogens with one attached hydrogen (secondary N) is 1. The maximum Gasteiger partial charge on any atom is 0.242 e. The minimum absolute atomic E-state index is 0.0871. The molecule has 2 amide bonds. The van der Waals surface area contributed by atoms with Gasteiger partial charge in [0.25, 0.3) is 0 Å². The van der Waals surface area contributed by atoms with Gasteiger partial charge in [0.1, 0.15) is 6.04 Å². The number of carbonyl (C=O) groups is 2. The summed E-state index contributed by atoms with van der Waals surface area (Å²) in [6, 6.07) is 4.68. The lowest BCUT2D eigenvalue weighted by Crippen LogP contribution is -2.57. The highest BCUT2D eigenvalue weighted by atomic mass is 35.5. The molecule has 1 N–H and O–H groups in total. The summed E-state index contributed by atoms with van der Waals surface area (Å²) in [5.74, 6) is -0.176. The van der Waals surface area contributed by atoms with Crippen LogP contribution in [0.1, 0.15) is 18.9 Å². The van der Waals surface area contributed by atoms with Crippen molar-refractivity contribution in [2.45, 2.75) is 25.8 Å². The highest BCUT2D eigenvalue weighted by Gasteiger charge is 2.31. The van der Waals surface area contributed by atoms with Crippen LogP contribution in [0.3, 0.4) is 0 Å². The normalized spacial score (nSPS) is 18.9. The molecule has 0 saturated carbocycles. The van der Waals surface area contributed by atoms with E-state index in [1.807, 2.05) is 6.92 Å². The summed E-state index contributed by atoms with van der Waals surface area (Å²) < 4.78 is 0. The van der Waals surface area contributed by atoms with Crippen LogP contribution in [-0.2, 0) is 16.0 Å². The van der Waals surface area contributed by atoms with E-state index < -0.39 is 0 Å². The summed E-state index contributed by atoms with van der Waals surface area (Å²) in [5.41, 5.74) is 0.724. The van der Waals surface area contributed by atoms with E-state index in [9.17, 15) is 9.59 Å². The summed E-state index contributed by atoms with van der Waals surface area (Å²) in [6.45, 7) is 2.93. The molecule has 1 unspecified atom stereocenters. The number of halogens is 2. The number of rotatable bonds is 3. The van der Waals surface area contributed by atoms with Gasteiger partial charge < -0.3 is 10.2 Å². The summed E-state index contributed by atoms with van der Waals surface area (Å²) >= 11 is 11.9. The Balaban J connectivity index is 2.12. The van der Waals surface area contributed by atoms with Crippen molar-refractivity contribution in [3.63, 3.8) is 0 Å². The molecule has 1 atom stereocenters. The van der Waals surface area contributed by atoms with Crippen LogP contribution in [0.15, 0.2) is 18.2 Å². The van der Waals surface area contributed by atoms with Gasteiger partial charge in [0, 0.05) is 23.1 Å². The Morgan fingerprint density at radius 2 is 2.20 bits per heavy atom. The summed E-state index contributed by atoms with van der Waals surface area (Å²) in [6.07, 6.45) is 0.783. The standard InChI is InChI=1S/C14H16Cl2N2O2/c1-2-12-14(20)17-5-6-18(12)13(19)7-9-3-4-10(15)8-11(9)16/h3-4,8,12H,2,5-7H2,1H3,(H,17,20). The van der Waals surface area contributed by atoms with E-state index in [4.69, 9.17) is 23.2 Å². The highest BCUT2D eigenvalue weighted by Crippen LogP contribution is 2.22. The van der Waals surface area contributed by atoms with Crippen molar-refractivity contribution in [3.8, 4) is 0 Å². The molecule has 1 saturated heterocycles. The van der Waals surface area contributed by atoms with Crippen LogP contribution in [0, 0.1) is 0 Å². The van der Waals surface area contributed by atoms with E-state index in [0.29, 0.717) is 29.6 Å². The van der Waals surface area contributed by atoms with Gasteiger partial charge in [0.05, 0.1) is 6.42 Å². The van der Waals surface area contributed by atoms with Gasteiger partial charge in [-0.05, 0) is 24.1 Å². The van der Waals surface area contributed by atoms with Crippen molar-refractivity contribution in [1.29, 1.82) is 0 Å². The average Bonchev–Trinajstić information content (AvgIpc) is 2.41. The Bertz CT molecular complexity index is 534. The molecule has 0 aliphatic carbocycles. The molecule has 0 spiro atoms. The van der Waals surface area contributed by atoms with Crippen LogP contribution in [0.2, 0.25) is 10.0 Å². The molecule has 1 heterocycles. The molecule has 1 aliphatic rings. The number of piperazine rings is 1. The van der Waals surface area contributed by atoms with Gasteiger partial charge in [-0.1, -0.05) is 36.2 Å². The topological polar surface area (TPSA) is 49.4 Å². The lowest BCUT2D eigenvalue weighted by Gasteiger charge is -2.34. The summed E-state index contributed by atoms with van der Waals surface area (Å²) in [5, 5.41) is 3.78. The van der Waals surface area contributed by atoms with Gasteiger partial charge in [-0.3, -0.25) is 9.59 Å². The van der Waals surface area contributed by atoms with E-state index in [1.165, 1.54) is 0 Å². The molecule has 1 aromatic rings. The second-order valence-corrected chi connectivity index (χ2v) is 5.56. The molecule has 4 nitrogen and oxygen atoms in total. The van der Waals surface area contributed by atoms with Crippen LogP contribution in [-0.4, -0.2) is 35.8 Å². The van der Waals surface area contributed by atoms with Crippen molar-refractivity contribution in [1.82, 2.24) is 10.2 Å². The first kappa shape index (κ1) is 15.1. The fourth-order valence-corrected chi connectivity index (χ4v) is 2.82. The lowest BCUT2D eigenvalue weighted by atomic mass is 10.1. The Kier molecular flexibility index (Phi) is 4.89. The second-order valence-electron chi connectivity index (χ2n) is 4.71. The molecule has 0 aromatic heterocycles. The van der Waals surface area contributed by atoms with Crippen molar-refractivity contribution < 1.29 is 9.59 Å². The third kappa shape index (κ3) is 3.25. The minimum atomic E-state index is -0.387. The van der Waals surface area contributed by atoms with E-state index in [2.05, 4.69) is 5.32 Å². The Hall–Kier alpha value is -1.26. The molecule has 0 bridgehead atoms. The molecular formula is C14H16Cl2N2O2. The van der Waals surface area contributed by atoms with E-state index in [1.54, 1.807) is 23.1 Å². The molecule has 108 valence electrons. The molecule has 1 aliphatic heterocycles. The number of hydrogen-bond acceptors (Lipinski definition) is 2. The fraction of sp³-hybridized carbons (Fsp3) is 0.429. The molecule has 0 radical (unpaired) electrons. The Labute approximate surface area is 128 Å². The largest absolute Gasteiger partial charge is 0.353 e. The first-order valence-corrected chi connectivity index (χ1v) is 7.29. The third-order valence-corrected chi connectivity index (χ3v) is 3.98. The molecular weight excluding hydrogens is 299 g/mol. The van der Waals surface area contributed by atoms with Gasteiger partial charge in [0.2, 0.25) is 11.8 Å². The van der Waals surface area contributed by atoms with Crippen molar-refractivity contribution in [2.24, 2.45) is 0 Å².